The number of para-hydroxylation sites is 1. The predicted molar refractivity (Wildman–Crippen MR) is 119 cm³/mol. The lowest BCUT2D eigenvalue weighted by Gasteiger charge is -2.19. The van der Waals surface area contributed by atoms with Gasteiger partial charge in [0.15, 0.2) is 5.13 Å². The molecule has 0 atom stereocenters. The first-order valence-corrected chi connectivity index (χ1v) is 10.6. The van der Waals surface area contributed by atoms with Crippen molar-refractivity contribution in [1.29, 1.82) is 0 Å². The van der Waals surface area contributed by atoms with Gasteiger partial charge in [-0.15, -0.1) is 0 Å². The molecule has 0 saturated heterocycles. The van der Waals surface area contributed by atoms with Crippen LogP contribution in [-0.2, 0) is 0 Å². The molecule has 7 heteroatoms. The van der Waals surface area contributed by atoms with Gasteiger partial charge in [-0.2, -0.15) is 0 Å². The van der Waals surface area contributed by atoms with Gasteiger partial charge < -0.3 is 10.6 Å². The van der Waals surface area contributed by atoms with Crippen LogP contribution in [0.3, 0.4) is 0 Å². The van der Waals surface area contributed by atoms with E-state index in [9.17, 15) is 4.79 Å². The fourth-order valence-corrected chi connectivity index (χ4v) is 3.92. The van der Waals surface area contributed by atoms with Crippen LogP contribution in [0, 0.1) is 13.8 Å². The van der Waals surface area contributed by atoms with Gasteiger partial charge in [0.2, 0.25) is 0 Å². The van der Waals surface area contributed by atoms with Crippen molar-refractivity contribution in [2.24, 2.45) is 0 Å². The fourth-order valence-electron chi connectivity index (χ4n) is 3.20. The Bertz CT molecular complexity index is 979. The van der Waals surface area contributed by atoms with E-state index in [1.807, 2.05) is 19.9 Å². The number of anilines is 3. The number of rotatable bonds is 6. The first-order chi connectivity index (χ1) is 13.7. The molecule has 1 aromatic carbocycles. The number of benzene rings is 1. The molecule has 6 nitrogen and oxygen atoms in total. The van der Waals surface area contributed by atoms with Gasteiger partial charge in [0.25, 0.3) is 5.91 Å². The maximum atomic E-state index is 12.9. The smallest absolute Gasteiger partial charge is 0.267 e. The molecular formula is C22H27N5OS. The van der Waals surface area contributed by atoms with Crippen molar-refractivity contribution in [3.63, 3.8) is 0 Å². The van der Waals surface area contributed by atoms with Gasteiger partial charge in [0.1, 0.15) is 16.5 Å². The largest absolute Gasteiger partial charge is 0.321 e. The van der Waals surface area contributed by atoms with Gasteiger partial charge in [-0.3, -0.25) is 4.79 Å². The molecule has 0 aliphatic rings. The number of carbonyl (C=O) groups is 1. The number of hydrogen-bond donors (Lipinski definition) is 2. The molecule has 0 spiro atoms. The Labute approximate surface area is 175 Å². The maximum Gasteiger partial charge on any atom is 0.267 e. The number of aromatic nitrogens is 3. The van der Waals surface area contributed by atoms with E-state index in [4.69, 9.17) is 0 Å². The van der Waals surface area contributed by atoms with Gasteiger partial charge in [0.05, 0.1) is 6.20 Å². The van der Waals surface area contributed by atoms with Crippen molar-refractivity contribution in [2.75, 3.05) is 10.6 Å². The molecule has 2 aromatic heterocycles. The van der Waals surface area contributed by atoms with Crippen LogP contribution >= 0.6 is 11.3 Å². The second-order valence-corrected chi connectivity index (χ2v) is 8.70. The van der Waals surface area contributed by atoms with E-state index in [-0.39, 0.29) is 5.91 Å². The SMILES string of the molecule is Cc1cc(Nc2ncc(C(=O)Nc3c(C(C)C)cccc3C(C)C)s2)nc(C)n1. The number of aryl methyl sites for hydroxylation is 2. The van der Waals surface area contributed by atoms with E-state index in [1.54, 1.807) is 6.20 Å². The maximum absolute atomic E-state index is 12.9. The molecule has 152 valence electrons. The molecule has 1 amide bonds. The van der Waals surface area contributed by atoms with Crippen molar-refractivity contribution >= 4 is 33.9 Å². The third kappa shape index (κ3) is 4.98. The molecule has 0 radical (unpaired) electrons. The minimum atomic E-state index is -0.152. The second-order valence-electron chi connectivity index (χ2n) is 7.67. The zero-order valence-electron chi connectivity index (χ0n) is 17.7. The Morgan fingerprint density at radius 3 is 2.28 bits per heavy atom. The number of amides is 1. The summed E-state index contributed by atoms with van der Waals surface area (Å²) in [6.07, 6.45) is 1.59. The highest BCUT2D eigenvalue weighted by molar-refractivity contribution is 7.17. The average molecular weight is 410 g/mol. The van der Waals surface area contributed by atoms with Crippen LogP contribution in [-0.4, -0.2) is 20.9 Å². The molecular weight excluding hydrogens is 382 g/mol. The van der Waals surface area contributed by atoms with Crippen LogP contribution in [0.4, 0.5) is 16.6 Å². The zero-order chi connectivity index (χ0) is 21.1. The molecule has 0 fully saturated rings. The zero-order valence-corrected chi connectivity index (χ0v) is 18.5. The fraction of sp³-hybridized carbons (Fsp3) is 0.364. The number of hydrogen-bond acceptors (Lipinski definition) is 6. The summed E-state index contributed by atoms with van der Waals surface area (Å²) in [7, 11) is 0. The Morgan fingerprint density at radius 1 is 1.03 bits per heavy atom. The monoisotopic (exact) mass is 409 g/mol. The van der Waals surface area contributed by atoms with Crippen molar-refractivity contribution in [3.05, 3.63) is 58.0 Å². The highest BCUT2D eigenvalue weighted by Crippen LogP contribution is 2.33. The van der Waals surface area contributed by atoms with Crippen molar-refractivity contribution in [2.45, 2.75) is 53.4 Å². The molecule has 3 rings (SSSR count). The normalized spacial score (nSPS) is 11.2. The van der Waals surface area contributed by atoms with E-state index in [2.05, 4.69) is 71.5 Å². The highest BCUT2D eigenvalue weighted by Gasteiger charge is 2.18. The van der Waals surface area contributed by atoms with E-state index in [0.29, 0.717) is 33.5 Å². The van der Waals surface area contributed by atoms with E-state index in [1.165, 1.54) is 11.3 Å². The minimum absolute atomic E-state index is 0.152. The van der Waals surface area contributed by atoms with Gasteiger partial charge >= 0.3 is 0 Å². The summed E-state index contributed by atoms with van der Waals surface area (Å²) in [6, 6.07) is 8.06. The Morgan fingerprint density at radius 2 is 1.69 bits per heavy atom. The van der Waals surface area contributed by atoms with Gasteiger partial charge in [-0.25, -0.2) is 15.0 Å². The van der Waals surface area contributed by atoms with Gasteiger partial charge in [-0.05, 0) is 36.8 Å². The lowest BCUT2D eigenvalue weighted by atomic mass is 9.92. The van der Waals surface area contributed by atoms with Crippen LogP contribution in [0.15, 0.2) is 30.5 Å². The highest BCUT2D eigenvalue weighted by atomic mass is 32.1. The lowest BCUT2D eigenvalue weighted by molar-refractivity contribution is 0.103. The first-order valence-electron chi connectivity index (χ1n) is 9.74. The molecule has 3 aromatic rings. The summed E-state index contributed by atoms with van der Waals surface area (Å²) < 4.78 is 0. The second kappa shape index (κ2) is 8.69. The Balaban J connectivity index is 1.82. The minimum Gasteiger partial charge on any atom is -0.321 e. The van der Waals surface area contributed by atoms with Crippen LogP contribution in [0.1, 0.15) is 71.8 Å². The number of carbonyl (C=O) groups excluding carboxylic acids is 1. The average Bonchev–Trinajstić information content (AvgIpc) is 3.09. The lowest BCUT2D eigenvalue weighted by Crippen LogP contribution is -2.14. The molecule has 2 N–H and O–H groups in total. The molecule has 0 aliphatic heterocycles. The number of nitrogens with zero attached hydrogens (tertiary/aromatic N) is 3. The van der Waals surface area contributed by atoms with Crippen LogP contribution in [0.5, 0.6) is 0 Å². The van der Waals surface area contributed by atoms with Crippen LogP contribution in [0.2, 0.25) is 0 Å². The van der Waals surface area contributed by atoms with Crippen molar-refractivity contribution in [1.82, 2.24) is 15.0 Å². The number of nitrogens with one attached hydrogen (secondary N) is 2. The van der Waals surface area contributed by atoms with Gasteiger partial charge in [-0.1, -0.05) is 57.2 Å². The topological polar surface area (TPSA) is 79.8 Å². The van der Waals surface area contributed by atoms with E-state index in [0.717, 1.165) is 22.5 Å². The van der Waals surface area contributed by atoms with Crippen molar-refractivity contribution in [3.8, 4) is 0 Å². The third-order valence-electron chi connectivity index (χ3n) is 4.54. The predicted octanol–water partition coefficient (Wildman–Crippen LogP) is 5.79. The summed E-state index contributed by atoms with van der Waals surface area (Å²) in [6.45, 7) is 12.3. The summed E-state index contributed by atoms with van der Waals surface area (Å²) >= 11 is 1.30. The number of thiazole rings is 1. The van der Waals surface area contributed by atoms with E-state index >= 15 is 0 Å². The van der Waals surface area contributed by atoms with Crippen LogP contribution in [0.25, 0.3) is 0 Å². The molecule has 0 bridgehead atoms. The quantitative estimate of drug-likeness (QED) is 0.538. The molecule has 0 unspecified atom stereocenters. The molecule has 2 heterocycles. The summed E-state index contributed by atoms with van der Waals surface area (Å²) in [5, 5.41) is 6.91. The molecule has 0 saturated carbocycles. The first kappa shape index (κ1) is 20.9. The summed E-state index contributed by atoms with van der Waals surface area (Å²) in [5.74, 6) is 1.83. The van der Waals surface area contributed by atoms with Gasteiger partial charge in [0, 0.05) is 17.4 Å². The Kier molecular flexibility index (Phi) is 6.27. The van der Waals surface area contributed by atoms with E-state index < -0.39 is 0 Å². The molecule has 29 heavy (non-hydrogen) atoms. The third-order valence-corrected chi connectivity index (χ3v) is 5.45. The van der Waals surface area contributed by atoms with Crippen molar-refractivity contribution < 1.29 is 4.79 Å². The summed E-state index contributed by atoms with van der Waals surface area (Å²) in [4.78, 5) is 26.4. The Hall–Kier alpha value is -2.80. The molecule has 0 aliphatic carbocycles. The van der Waals surface area contributed by atoms with Crippen LogP contribution < -0.4 is 10.6 Å². The standard InChI is InChI=1S/C22H27N5OS/c1-12(2)16-8-7-9-17(13(3)4)20(16)27-21(28)18-11-23-22(29-18)26-19-10-14(5)24-15(6)25-19/h7-13H,1-6H3,(H,27,28)(H,23,24,25,26). The summed E-state index contributed by atoms with van der Waals surface area (Å²) in [5.41, 5.74) is 4.06.